The number of esters is 1. The zero-order valence-electron chi connectivity index (χ0n) is 8.03. The Morgan fingerprint density at radius 1 is 1.50 bits per heavy atom. The van der Waals surface area contributed by atoms with E-state index in [9.17, 15) is 9.59 Å². The Bertz CT molecular complexity index is 312. The maximum atomic E-state index is 11.6. The van der Waals surface area contributed by atoms with E-state index in [1.807, 2.05) is 0 Å². The first kappa shape index (κ1) is 8.26. The van der Waals surface area contributed by atoms with Gasteiger partial charge >= 0.3 is 5.97 Å². The highest BCUT2D eigenvalue weighted by Gasteiger charge is 2.62. The molecule has 0 spiro atoms. The molecular formula is C10H13NO3. The Hall–Kier alpha value is -1.06. The van der Waals surface area contributed by atoms with Crippen molar-refractivity contribution in [3.63, 3.8) is 0 Å². The highest BCUT2D eigenvalue weighted by Crippen LogP contribution is 2.55. The predicted molar refractivity (Wildman–Crippen MR) is 47.1 cm³/mol. The Morgan fingerprint density at radius 2 is 2.29 bits per heavy atom. The van der Waals surface area contributed by atoms with Crippen molar-refractivity contribution >= 4 is 11.9 Å². The average molecular weight is 195 g/mol. The van der Waals surface area contributed by atoms with E-state index in [2.05, 4.69) is 5.32 Å². The van der Waals surface area contributed by atoms with Gasteiger partial charge < -0.3 is 10.1 Å². The number of amides is 1. The van der Waals surface area contributed by atoms with Gasteiger partial charge in [-0.3, -0.25) is 9.59 Å². The predicted octanol–water partition coefficient (Wildman–Crippen LogP) is -0.0700. The van der Waals surface area contributed by atoms with Crippen LogP contribution in [-0.4, -0.2) is 25.0 Å². The summed E-state index contributed by atoms with van der Waals surface area (Å²) in [7, 11) is 1.40. The number of rotatable bonds is 1. The van der Waals surface area contributed by atoms with Crippen molar-refractivity contribution in [2.24, 2.45) is 23.7 Å². The van der Waals surface area contributed by atoms with Crippen LogP contribution in [0.2, 0.25) is 0 Å². The molecule has 76 valence electrons. The molecule has 1 amide bonds. The van der Waals surface area contributed by atoms with Gasteiger partial charge in [-0.15, -0.1) is 0 Å². The summed E-state index contributed by atoms with van der Waals surface area (Å²) in [5, 5.41) is 2.97. The van der Waals surface area contributed by atoms with Gasteiger partial charge in [-0.25, -0.2) is 0 Å². The van der Waals surface area contributed by atoms with E-state index in [1.165, 1.54) is 7.11 Å². The molecule has 1 aliphatic heterocycles. The van der Waals surface area contributed by atoms with Gasteiger partial charge in [0.25, 0.3) is 0 Å². The SMILES string of the molecule is COC(=O)[C@H]1[C@H]2C[C@@H]3[C@H]1C(=O)N[C@H]3C2. The van der Waals surface area contributed by atoms with Crippen LogP contribution in [0.1, 0.15) is 12.8 Å². The monoisotopic (exact) mass is 195 g/mol. The van der Waals surface area contributed by atoms with Gasteiger partial charge in [-0.1, -0.05) is 0 Å². The first-order chi connectivity index (χ1) is 6.72. The number of hydrogen-bond donors (Lipinski definition) is 1. The minimum Gasteiger partial charge on any atom is -0.469 e. The van der Waals surface area contributed by atoms with Crippen LogP contribution in [0.25, 0.3) is 0 Å². The van der Waals surface area contributed by atoms with E-state index in [1.54, 1.807) is 0 Å². The molecule has 1 N–H and O–H groups in total. The summed E-state index contributed by atoms with van der Waals surface area (Å²) in [6.07, 6.45) is 1.99. The highest BCUT2D eigenvalue weighted by atomic mass is 16.5. The maximum Gasteiger partial charge on any atom is 0.309 e. The van der Waals surface area contributed by atoms with Crippen molar-refractivity contribution in [1.82, 2.24) is 5.32 Å². The summed E-state index contributed by atoms with van der Waals surface area (Å²) in [6, 6.07) is 0.346. The minimum absolute atomic E-state index is 0.0652. The summed E-state index contributed by atoms with van der Waals surface area (Å²) in [5.41, 5.74) is 0. The summed E-state index contributed by atoms with van der Waals surface area (Å²) in [5.74, 6) is 0.390. The first-order valence-electron chi connectivity index (χ1n) is 5.10. The summed E-state index contributed by atoms with van der Waals surface area (Å²) >= 11 is 0. The third-order valence-corrected chi connectivity index (χ3v) is 4.11. The van der Waals surface area contributed by atoms with Gasteiger partial charge in [0.1, 0.15) is 0 Å². The molecule has 14 heavy (non-hydrogen) atoms. The number of ether oxygens (including phenoxy) is 1. The van der Waals surface area contributed by atoms with Crippen LogP contribution >= 0.6 is 0 Å². The highest BCUT2D eigenvalue weighted by molar-refractivity contribution is 5.89. The molecule has 0 radical (unpaired) electrons. The summed E-state index contributed by atoms with van der Waals surface area (Å²) < 4.78 is 4.77. The van der Waals surface area contributed by atoms with Gasteiger partial charge in [0.15, 0.2) is 0 Å². The largest absolute Gasteiger partial charge is 0.469 e. The molecule has 4 nitrogen and oxygen atoms in total. The molecule has 0 unspecified atom stereocenters. The second kappa shape index (κ2) is 2.49. The third-order valence-electron chi connectivity index (χ3n) is 4.11. The molecule has 3 aliphatic rings. The Kier molecular flexibility index (Phi) is 1.47. The molecule has 5 atom stereocenters. The number of fused-ring (bicyclic) bond motifs is 1. The molecule has 2 bridgehead atoms. The van der Waals surface area contributed by atoms with Crippen LogP contribution < -0.4 is 5.32 Å². The lowest BCUT2D eigenvalue weighted by Crippen LogP contribution is -2.32. The number of nitrogens with one attached hydrogen (secondary N) is 1. The fraction of sp³-hybridized carbons (Fsp3) is 0.800. The van der Waals surface area contributed by atoms with Crippen molar-refractivity contribution in [3.8, 4) is 0 Å². The van der Waals surface area contributed by atoms with E-state index in [-0.39, 0.29) is 23.7 Å². The third kappa shape index (κ3) is 0.792. The molecule has 1 heterocycles. The molecule has 3 fully saturated rings. The average Bonchev–Trinajstić information content (AvgIpc) is 2.75. The molecular weight excluding hydrogens is 182 g/mol. The van der Waals surface area contributed by atoms with Crippen LogP contribution in [-0.2, 0) is 14.3 Å². The lowest BCUT2D eigenvalue weighted by molar-refractivity contribution is -0.150. The lowest BCUT2D eigenvalue weighted by Gasteiger charge is -2.23. The summed E-state index contributed by atoms with van der Waals surface area (Å²) in [6.45, 7) is 0. The Labute approximate surface area is 82.0 Å². The topological polar surface area (TPSA) is 55.4 Å². The van der Waals surface area contributed by atoms with E-state index >= 15 is 0 Å². The molecule has 4 heteroatoms. The van der Waals surface area contributed by atoms with Crippen LogP contribution in [0, 0.1) is 23.7 Å². The van der Waals surface area contributed by atoms with Crippen molar-refractivity contribution in [2.75, 3.05) is 7.11 Å². The standard InChI is InChI=1S/C10H13NO3/c1-14-10(13)7-4-2-5-6(3-4)11-9(12)8(5)7/h4-8H,2-3H2,1H3,(H,11,12)/t4-,5-,6-,7-,8+/m0/s1. The minimum atomic E-state index is -0.196. The quantitative estimate of drug-likeness (QED) is 0.596. The molecule has 2 saturated carbocycles. The van der Waals surface area contributed by atoms with Crippen LogP contribution in [0.5, 0.6) is 0 Å². The number of carbonyl (C=O) groups excluding carboxylic acids is 2. The number of hydrogen-bond acceptors (Lipinski definition) is 3. The molecule has 0 aromatic carbocycles. The molecule has 0 aromatic rings. The smallest absolute Gasteiger partial charge is 0.309 e. The van der Waals surface area contributed by atoms with Crippen molar-refractivity contribution in [3.05, 3.63) is 0 Å². The van der Waals surface area contributed by atoms with Crippen molar-refractivity contribution < 1.29 is 14.3 Å². The normalized spacial score (nSPS) is 48.1. The van der Waals surface area contributed by atoms with Crippen LogP contribution in [0.15, 0.2) is 0 Å². The first-order valence-corrected chi connectivity index (χ1v) is 5.10. The van der Waals surface area contributed by atoms with Crippen molar-refractivity contribution in [1.29, 1.82) is 0 Å². The lowest BCUT2D eigenvalue weighted by atomic mass is 9.80. The molecule has 2 aliphatic carbocycles. The van der Waals surface area contributed by atoms with Gasteiger partial charge in [0.2, 0.25) is 5.91 Å². The van der Waals surface area contributed by atoms with E-state index in [0.717, 1.165) is 12.8 Å². The Balaban J connectivity index is 1.95. The molecule has 0 aromatic heterocycles. The molecule has 3 rings (SSSR count). The zero-order valence-corrected chi connectivity index (χ0v) is 8.03. The number of carbonyl (C=O) groups is 2. The molecule has 1 saturated heterocycles. The van der Waals surface area contributed by atoms with Gasteiger partial charge in [0.05, 0.1) is 18.9 Å². The van der Waals surface area contributed by atoms with E-state index in [0.29, 0.717) is 17.9 Å². The van der Waals surface area contributed by atoms with Gasteiger partial charge in [-0.05, 0) is 24.7 Å². The zero-order chi connectivity index (χ0) is 9.87. The fourth-order valence-electron chi connectivity index (χ4n) is 3.64. The number of methoxy groups -OCH3 is 1. The van der Waals surface area contributed by atoms with Crippen LogP contribution in [0.4, 0.5) is 0 Å². The van der Waals surface area contributed by atoms with Crippen LogP contribution in [0.3, 0.4) is 0 Å². The van der Waals surface area contributed by atoms with E-state index < -0.39 is 0 Å². The maximum absolute atomic E-state index is 11.6. The Morgan fingerprint density at radius 3 is 3.00 bits per heavy atom. The second-order valence-electron chi connectivity index (χ2n) is 4.59. The fourth-order valence-corrected chi connectivity index (χ4v) is 3.64. The summed E-state index contributed by atoms with van der Waals surface area (Å²) in [4.78, 5) is 23.1. The van der Waals surface area contributed by atoms with Crippen molar-refractivity contribution in [2.45, 2.75) is 18.9 Å². The second-order valence-corrected chi connectivity index (χ2v) is 4.59. The van der Waals surface area contributed by atoms with E-state index in [4.69, 9.17) is 4.74 Å². The van der Waals surface area contributed by atoms with Gasteiger partial charge in [0, 0.05) is 6.04 Å². The van der Waals surface area contributed by atoms with Gasteiger partial charge in [-0.2, -0.15) is 0 Å².